The van der Waals surface area contributed by atoms with Crippen molar-refractivity contribution in [3.8, 4) is 5.75 Å². The summed E-state index contributed by atoms with van der Waals surface area (Å²) in [6.45, 7) is 4.09. The summed E-state index contributed by atoms with van der Waals surface area (Å²) < 4.78 is 20.9. The van der Waals surface area contributed by atoms with Crippen LogP contribution in [0.1, 0.15) is 5.56 Å². The van der Waals surface area contributed by atoms with Gasteiger partial charge in [-0.1, -0.05) is 23.9 Å². The summed E-state index contributed by atoms with van der Waals surface area (Å²) in [6.07, 6.45) is 1.67. The molecule has 0 aliphatic rings. The molecule has 7 heteroatoms. The van der Waals surface area contributed by atoms with Crippen molar-refractivity contribution in [2.24, 2.45) is 0 Å². The van der Waals surface area contributed by atoms with Crippen LogP contribution in [0.25, 0.3) is 10.2 Å². The molecule has 24 heavy (non-hydrogen) atoms. The Bertz CT molecular complexity index is 949. The van der Waals surface area contributed by atoms with Crippen molar-refractivity contribution in [1.82, 2.24) is 9.55 Å². The topological polar surface area (TPSA) is 44.1 Å². The number of thiophene rings is 1. The van der Waals surface area contributed by atoms with Crippen LogP contribution in [0.2, 0.25) is 0 Å². The van der Waals surface area contributed by atoms with Crippen LogP contribution in [-0.4, -0.2) is 16.7 Å². The van der Waals surface area contributed by atoms with E-state index in [9.17, 15) is 9.18 Å². The molecule has 2 heterocycles. The molecule has 4 nitrogen and oxygen atoms in total. The van der Waals surface area contributed by atoms with E-state index in [0.29, 0.717) is 27.7 Å². The lowest BCUT2D eigenvalue weighted by Gasteiger charge is -2.10. The Morgan fingerprint density at radius 3 is 3.00 bits per heavy atom. The summed E-state index contributed by atoms with van der Waals surface area (Å²) in [6, 6.07) is 6.66. The fourth-order valence-corrected chi connectivity index (χ4v) is 4.00. The summed E-state index contributed by atoms with van der Waals surface area (Å²) in [5.41, 5.74) is 1.41. The van der Waals surface area contributed by atoms with Gasteiger partial charge in [-0.3, -0.25) is 9.36 Å². The number of nitrogens with zero attached hydrogens (tertiary/aromatic N) is 2. The van der Waals surface area contributed by atoms with Crippen molar-refractivity contribution in [1.29, 1.82) is 0 Å². The van der Waals surface area contributed by atoms with Gasteiger partial charge in [-0.05, 0) is 29.1 Å². The molecule has 0 saturated carbocycles. The van der Waals surface area contributed by atoms with Gasteiger partial charge in [0.1, 0.15) is 4.70 Å². The minimum absolute atomic E-state index is 0.0710. The third kappa shape index (κ3) is 3.22. The highest BCUT2D eigenvalue weighted by Gasteiger charge is 2.12. The molecule has 0 N–H and O–H groups in total. The molecule has 0 saturated heterocycles. The summed E-state index contributed by atoms with van der Waals surface area (Å²) in [4.78, 5) is 17.1. The van der Waals surface area contributed by atoms with Gasteiger partial charge in [-0.2, -0.15) is 0 Å². The van der Waals surface area contributed by atoms with E-state index in [-0.39, 0.29) is 11.3 Å². The van der Waals surface area contributed by atoms with Gasteiger partial charge < -0.3 is 4.74 Å². The maximum Gasteiger partial charge on any atom is 0.272 e. The Morgan fingerprint density at radius 2 is 2.29 bits per heavy atom. The van der Waals surface area contributed by atoms with Crippen LogP contribution >= 0.6 is 23.1 Å². The molecular formula is C17H15FN2O2S2. The highest BCUT2D eigenvalue weighted by Crippen LogP contribution is 2.26. The zero-order chi connectivity index (χ0) is 17.1. The molecular weight excluding hydrogens is 347 g/mol. The number of rotatable bonds is 6. The van der Waals surface area contributed by atoms with Gasteiger partial charge in [0.05, 0.1) is 12.6 Å². The molecule has 0 aliphatic carbocycles. The van der Waals surface area contributed by atoms with Crippen LogP contribution in [0.15, 0.2) is 52.3 Å². The maximum atomic E-state index is 13.8. The first kappa shape index (κ1) is 16.7. The predicted molar refractivity (Wildman–Crippen MR) is 96.6 cm³/mol. The van der Waals surface area contributed by atoms with E-state index >= 15 is 0 Å². The van der Waals surface area contributed by atoms with Gasteiger partial charge in [0.15, 0.2) is 16.7 Å². The quantitative estimate of drug-likeness (QED) is 0.376. The third-order valence-electron chi connectivity index (χ3n) is 3.43. The number of methoxy groups -OCH3 is 1. The van der Waals surface area contributed by atoms with Gasteiger partial charge in [-0.25, -0.2) is 9.37 Å². The summed E-state index contributed by atoms with van der Waals surface area (Å²) in [5, 5.41) is 2.45. The smallest absolute Gasteiger partial charge is 0.272 e. The van der Waals surface area contributed by atoms with Crippen LogP contribution in [-0.2, 0) is 12.3 Å². The summed E-state index contributed by atoms with van der Waals surface area (Å²) in [7, 11) is 1.43. The molecule has 0 unspecified atom stereocenters. The Morgan fingerprint density at radius 1 is 1.46 bits per heavy atom. The van der Waals surface area contributed by atoms with Gasteiger partial charge in [0, 0.05) is 12.3 Å². The Kier molecular flexibility index (Phi) is 5.01. The second-order valence-corrected chi connectivity index (χ2v) is 6.85. The van der Waals surface area contributed by atoms with Crippen molar-refractivity contribution in [3.05, 3.63) is 64.0 Å². The molecule has 0 fully saturated rings. The molecule has 3 rings (SSSR count). The van der Waals surface area contributed by atoms with Crippen molar-refractivity contribution in [3.63, 3.8) is 0 Å². The summed E-state index contributed by atoms with van der Waals surface area (Å²) in [5.74, 6) is 0.311. The highest BCUT2D eigenvalue weighted by atomic mass is 32.2. The number of thioether (sulfide) groups is 1. The Hall–Kier alpha value is -2.12. The minimum Gasteiger partial charge on any atom is -0.494 e. The lowest BCUT2D eigenvalue weighted by atomic mass is 10.2. The molecule has 0 spiro atoms. The van der Waals surface area contributed by atoms with E-state index in [1.54, 1.807) is 22.8 Å². The van der Waals surface area contributed by atoms with E-state index in [2.05, 4.69) is 11.6 Å². The van der Waals surface area contributed by atoms with Gasteiger partial charge in [0.2, 0.25) is 0 Å². The SMILES string of the molecule is C=CCn1c(SCc2ccc(OC)c(F)c2)nc2ccsc2c1=O. The number of halogens is 1. The molecule has 0 radical (unpaired) electrons. The van der Waals surface area contributed by atoms with E-state index in [1.807, 2.05) is 11.4 Å². The molecule has 0 amide bonds. The van der Waals surface area contributed by atoms with E-state index in [1.165, 1.54) is 36.3 Å². The van der Waals surface area contributed by atoms with Crippen molar-refractivity contribution in [2.45, 2.75) is 17.5 Å². The Balaban J connectivity index is 1.91. The standard InChI is InChI=1S/C17H15FN2O2S2/c1-3-7-20-16(21)15-13(6-8-23-15)19-17(20)24-10-11-4-5-14(22-2)12(18)9-11/h3-6,8-9H,1,7,10H2,2H3. The van der Waals surface area contributed by atoms with Crippen LogP contribution in [0.3, 0.4) is 0 Å². The molecule has 124 valence electrons. The monoisotopic (exact) mass is 362 g/mol. The first-order valence-electron chi connectivity index (χ1n) is 7.18. The first-order valence-corrected chi connectivity index (χ1v) is 9.04. The largest absolute Gasteiger partial charge is 0.494 e. The van der Waals surface area contributed by atoms with Crippen LogP contribution in [0.5, 0.6) is 5.75 Å². The average Bonchev–Trinajstić information content (AvgIpc) is 3.05. The van der Waals surface area contributed by atoms with E-state index < -0.39 is 5.82 Å². The second kappa shape index (κ2) is 7.19. The molecule has 0 aliphatic heterocycles. The molecule has 1 aromatic carbocycles. The predicted octanol–water partition coefficient (Wildman–Crippen LogP) is 4.08. The molecule has 0 atom stereocenters. The zero-order valence-electron chi connectivity index (χ0n) is 13.0. The molecule has 3 aromatic rings. The van der Waals surface area contributed by atoms with Gasteiger partial charge >= 0.3 is 0 Å². The fourth-order valence-electron chi connectivity index (χ4n) is 2.27. The number of hydrogen-bond acceptors (Lipinski definition) is 5. The third-order valence-corrected chi connectivity index (χ3v) is 5.37. The maximum absolute atomic E-state index is 13.8. The summed E-state index contributed by atoms with van der Waals surface area (Å²) >= 11 is 2.78. The van der Waals surface area contributed by atoms with Crippen molar-refractivity contribution in [2.75, 3.05) is 7.11 Å². The second-order valence-electron chi connectivity index (χ2n) is 4.99. The number of allylic oxidation sites excluding steroid dienone is 1. The highest BCUT2D eigenvalue weighted by molar-refractivity contribution is 7.98. The zero-order valence-corrected chi connectivity index (χ0v) is 14.6. The van der Waals surface area contributed by atoms with Crippen LogP contribution in [0, 0.1) is 5.82 Å². The lowest BCUT2D eigenvalue weighted by Crippen LogP contribution is -2.21. The van der Waals surface area contributed by atoms with Crippen molar-refractivity contribution < 1.29 is 9.13 Å². The van der Waals surface area contributed by atoms with E-state index in [4.69, 9.17) is 4.74 Å². The minimum atomic E-state index is -0.402. The van der Waals surface area contributed by atoms with Crippen LogP contribution in [0.4, 0.5) is 4.39 Å². The lowest BCUT2D eigenvalue weighted by molar-refractivity contribution is 0.386. The first-order chi connectivity index (χ1) is 11.6. The van der Waals surface area contributed by atoms with Crippen LogP contribution < -0.4 is 10.3 Å². The number of ether oxygens (including phenoxy) is 1. The number of fused-ring (bicyclic) bond motifs is 1. The average molecular weight is 362 g/mol. The van der Waals surface area contributed by atoms with Crippen molar-refractivity contribution >= 4 is 33.3 Å². The van der Waals surface area contributed by atoms with Gasteiger partial charge in [-0.15, -0.1) is 17.9 Å². The van der Waals surface area contributed by atoms with Gasteiger partial charge in [0.25, 0.3) is 5.56 Å². The normalized spacial score (nSPS) is 10.9. The Labute approximate surface area is 146 Å². The fraction of sp³-hybridized carbons (Fsp3) is 0.176. The number of hydrogen-bond donors (Lipinski definition) is 0. The number of aromatic nitrogens is 2. The molecule has 2 aromatic heterocycles. The molecule has 0 bridgehead atoms. The van der Waals surface area contributed by atoms with E-state index in [0.717, 1.165) is 5.56 Å². The number of benzene rings is 1.